The fourth-order valence-electron chi connectivity index (χ4n) is 2.60. The predicted molar refractivity (Wildman–Crippen MR) is 98.0 cm³/mol. The Kier molecular flexibility index (Phi) is 6.65. The molecule has 0 aromatic heterocycles. The number of hydrazine groups is 1. The van der Waals surface area contributed by atoms with Crippen LogP contribution in [0.5, 0.6) is 0 Å². The van der Waals surface area contributed by atoms with Crippen LogP contribution in [0.4, 0.5) is 4.79 Å². The van der Waals surface area contributed by atoms with Gasteiger partial charge in [-0.25, -0.2) is 9.80 Å². The number of hydrogen-bond acceptors (Lipinski definition) is 6. The molecule has 0 radical (unpaired) electrons. The van der Waals surface area contributed by atoms with Crippen molar-refractivity contribution in [2.75, 3.05) is 19.7 Å². The van der Waals surface area contributed by atoms with Crippen LogP contribution in [0.1, 0.15) is 39.2 Å². The van der Waals surface area contributed by atoms with Gasteiger partial charge >= 0.3 is 6.09 Å². The highest BCUT2D eigenvalue weighted by atomic mass is 32.2. The van der Waals surface area contributed by atoms with Crippen LogP contribution in [0.25, 0.3) is 0 Å². The Morgan fingerprint density at radius 1 is 1.19 bits per heavy atom. The fraction of sp³-hybridized carbons (Fsp3) is 0.611. The van der Waals surface area contributed by atoms with E-state index >= 15 is 0 Å². The van der Waals surface area contributed by atoms with Gasteiger partial charge in [-0.15, -0.1) is 0 Å². The first-order valence-corrected chi connectivity index (χ1v) is 10.2. The average Bonchev–Trinajstić information content (AvgIpc) is 2.53. The number of piperidine rings is 1. The van der Waals surface area contributed by atoms with Crippen LogP contribution in [-0.4, -0.2) is 44.8 Å². The second-order valence-electron chi connectivity index (χ2n) is 7.60. The van der Waals surface area contributed by atoms with Gasteiger partial charge in [-0.1, -0.05) is 17.7 Å². The van der Waals surface area contributed by atoms with Gasteiger partial charge in [0.15, 0.2) is 0 Å². The summed E-state index contributed by atoms with van der Waals surface area (Å²) in [6.45, 7) is 8.72. The number of aryl methyl sites for hydroxylation is 1. The number of amides is 1. The Balaban J connectivity index is 1.76. The molecule has 26 heavy (non-hydrogen) atoms. The zero-order valence-corrected chi connectivity index (χ0v) is 16.6. The van der Waals surface area contributed by atoms with Crippen molar-refractivity contribution >= 4 is 16.2 Å². The number of rotatable bonds is 5. The van der Waals surface area contributed by atoms with Crippen LogP contribution in [0.3, 0.4) is 0 Å². The number of nitrogens with one attached hydrogen (secondary N) is 1. The first-order valence-electron chi connectivity index (χ1n) is 8.76. The van der Waals surface area contributed by atoms with Crippen molar-refractivity contribution in [2.24, 2.45) is 5.92 Å². The smallest absolute Gasteiger partial charge is 0.422 e. The van der Waals surface area contributed by atoms with Gasteiger partial charge < -0.3 is 4.74 Å². The minimum absolute atomic E-state index is 0.131. The Hall–Kier alpha value is -1.64. The lowest BCUT2D eigenvalue weighted by atomic mass is 9.99. The molecule has 0 spiro atoms. The van der Waals surface area contributed by atoms with Crippen LogP contribution in [0.15, 0.2) is 29.2 Å². The largest absolute Gasteiger partial charge is 0.443 e. The van der Waals surface area contributed by atoms with Crippen molar-refractivity contribution in [3.63, 3.8) is 0 Å². The molecular formula is C18H28N2O5S. The summed E-state index contributed by atoms with van der Waals surface area (Å²) in [5.41, 5.74) is 3.17. The summed E-state index contributed by atoms with van der Waals surface area (Å²) in [5, 5.41) is 1.79. The number of nitrogens with zero attached hydrogens (tertiary/aromatic N) is 1. The number of hydrogen-bond donors (Lipinski definition) is 1. The van der Waals surface area contributed by atoms with Gasteiger partial charge in [-0.05, 0) is 58.6 Å². The van der Waals surface area contributed by atoms with Gasteiger partial charge in [0.25, 0.3) is 10.1 Å². The molecule has 2 rings (SSSR count). The lowest BCUT2D eigenvalue weighted by Gasteiger charge is -2.32. The van der Waals surface area contributed by atoms with Crippen molar-refractivity contribution < 1.29 is 22.1 Å². The maximum atomic E-state index is 12.2. The summed E-state index contributed by atoms with van der Waals surface area (Å²) in [5.74, 6) is 0.131. The van der Waals surface area contributed by atoms with Crippen molar-refractivity contribution in [1.29, 1.82) is 0 Å². The quantitative estimate of drug-likeness (QED) is 0.786. The van der Waals surface area contributed by atoms with E-state index in [0.717, 1.165) is 18.4 Å². The van der Waals surface area contributed by atoms with Gasteiger partial charge in [0.2, 0.25) is 0 Å². The molecule has 1 aliphatic heterocycles. The molecule has 8 heteroatoms. The Labute approximate surface area is 155 Å². The first kappa shape index (κ1) is 20.7. The lowest BCUT2D eigenvalue weighted by molar-refractivity contribution is 0.0246. The maximum absolute atomic E-state index is 12.2. The van der Waals surface area contributed by atoms with Crippen molar-refractivity contribution in [1.82, 2.24) is 10.4 Å². The molecule has 1 amide bonds. The second-order valence-corrected chi connectivity index (χ2v) is 9.21. The van der Waals surface area contributed by atoms with E-state index in [-0.39, 0.29) is 17.4 Å². The molecule has 1 aliphatic rings. The third-order valence-electron chi connectivity index (χ3n) is 4.03. The van der Waals surface area contributed by atoms with Gasteiger partial charge in [0.1, 0.15) is 5.60 Å². The molecule has 1 aromatic rings. The van der Waals surface area contributed by atoms with Crippen molar-refractivity contribution in [3.8, 4) is 0 Å². The predicted octanol–water partition coefficient (Wildman–Crippen LogP) is 2.85. The number of carbonyl (C=O) groups is 1. The number of carbonyl (C=O) groups excluding carboxylic acids is 1. The lowest BCUT2D eigenvalue weighted by Crippen LogP contribution is -2.48. The zero-order chi connectivity index (χ0) is 19.4. The molecule has 0 saturated carbocycles. The topological polar surface area (TPSA) is 84.9 Å². The second kappa shape index (κ2) is 8.37. The highest BCUT2D eigenvalue weighted by Crippen LogP contribution is 2.20. The van der Waals surface area contributed by atoms with Gasteiger partial charge in [-0.2, -0.15) is 8.42 Å². The van der Waals surface area contributed by atoms with Crippen LogP contribution >= 0.6 is 0 Å². The van der Waals surface area contributed by atoms with E-state index in [1.54, 1.807) is 29.3 Å². The van der Waals surface area contributed by atoms with Gasteiger partial charge in [0, 0.05) is 13.1 Å². The van der Waals surface area contributed by atoms with Crippen LogP contribution in [0, 0.1) is 12.8 Å². The molecule has 0 aliphatic carbocycles. The highest BCUT2D eigenvalue weighted by Gasteiger charge is 2.25. The molecule has 0 atom stereocenters. The SMILES string of the molecule is Cc1ccc(S(=O)(=O)OCC2CCN(NC(=O)OC(C)(C)C)CC2)cc1. The van der Waals surface area contributed by atoms with E-state index in [9.17, 15) is 13.2 Å². The van der Waals surface area contributed by atoms with Gasteiger partial charge in [0.05, 0.1) is 11.5 Å². The highest BCUT2D eigenvalue weighted by molar-refractivity contribution is 7.86. The summed E-state index contributed by atoms with van der Waals surface area (Å²) in [6, 6.07) is 6.60. The fourth-order valence-corrected chi connectivity index (χ4v) is 3.58. The summed E-state index contributed by atoms with van der Waals surface area (Å²) in [6.07, 6.45) is 0.993. The van der Waals surface area contributed by atoms with E-state index in [1.807, 2.05) is 27.7 Å². The van der Waals surface area contributed by atoms with E-state index in [4.69, 9.17) is 8.92 Å². The number of ether oxygens (including phenoxy) is 1. The molecule has 1 heterocycles. The summed E-state index contributed by atoms with van der Waals surface area (Å²) < 4.78 is 34.9. The molecule has 146 valence electrons. The Morgan fingerprint density at radius 2 is 1.77 bits per heavy atom. The standard InChI is InChI=1S/C18H28N2O5S/c1-14-5-7-16(8-6-14)26(22,23)24-13-15-9-11-20(12-10-15)19-17(21)25-18(2,3)4/h5-8,15H,9-13H2,1-4H3,(H,19,21). The third-order valence-corrected chi connectivity index (χ3v) is 5.33. The van der Waals surface area contributed by atoms with E-state index in [0.29, 0.717) is 13.1 Å². The maximum Gasteiger partial charge on any atom is 0.422 e. The molecule has 1 aromatic carbocycles. The summed E-state index contributed by atoms with van der Waals surface area (Å²) in [7, 11) is -3.73. The third kappa shape index (κ3) is 6.59. The molecule has 7 nitrogen and oxygen atoms in total. The monoisotopic (exact) mass is 384 g/mol. The normalized spacial score (nSPS) is 17.1. The molecule has 1 fully saturated rings. The molecular weight excluding hydrogens is 356 g/mol. The minimum atomic E-state index is -3.73. The minimum Gasteiger partial charge on any atom is -0.443 e. The van der Waals surface area contributed by atoms with Crippen molar-refractivity contribution in [2.45, 2.75) is 51.0 Å². The Morgan fingerprint density at radius 3 is 2.31 bits per heavy atom. The first-order chi connectivity index (χ1) is 12.0. The van der Waals surface area contributed by atoms with E-state index in [2.05, 4.69) is 5.43 Å². The van der Waals surface area contributed by atoms with Crippen LogP contribution < -0.4 is 5.43 Å². The molecule has 1 saturated heterocycles. The van der Waals surface area contributed by atoms with Crippen LogP contribution in [-0.2, 0) is 19.0 Å². The van der Waals surface area contributed by atoms with Crippen LogP contribution in [0.2, 0.25) is 0 Å². The zero-order valence-electron chi connectivity index (χ0n) is 15.8. The average molecular weight is 384 g/mol. The molecule has 0 unspecified atom stereocenters. The summed E-state index contributed by atoms with van der Waals surface area (Å²) in [4.78, 5) is 11.9. The number of benzene rings is 1. The Bertz CT molecular complexity index is 702. The van der Waals surface area contributed by atoms with Gasteiger partial charge in [-0.3, -0.25) is 9.61 Å². The molecule has 0 bridgehead atoms. The van der Waals surface area contributed by atoms with E-state index < -0.39 is 21.8 Å². The van der Waals surface area contributed by atoms with Crippen molar-refractivity contribution in [3.05, 3.63) is 29.8 Å². The molecule has 1 N–H and O–H groups in total. The summed E-state index contributed by atoms with van der Waals surface area (Å²) >= 11 is 0. The van der Waals surface area contributed by atoms with E-state index in [1.165, 1.54) is 0 Å².